The third kappa shape index (κ3) is 3.54. The van der Waals surface area contributed by atoms with Crippen molar-refractivity contribution in [3.63, 3.8) is 0 Å². The molecule has 1 aromatic carbocycles. The summed E-state index contributed by atoms with van der Waals surface area (Å²) in [5, 5.41) is 6.08. The van der Waals surface area contributed by atoms with Crippen molar-refractivity contribution in [2.45, 2.75) is 20.4 Å². The molecule has 2 N–H and O–H groups in total. The lowest BCUT2D eigenvalue weighted by Crippen LogP contribution is -2.24. The van der Waals surface area contributed by atoms with E-state index >= 15 is 0 Å². The van der Waals surface area contributed by atoms with Crippen LogP contribution in [0.5, 0.6) is 0 Å². The molecule has 0 bridgehead atoms. The van der Waals surface area contributed by atoms with Crippen molar-refractivity contribution in [1.29, 1.82) is 0 Å². The zero-order chi connectivity index (χ0) is 14.4. The standard InChI is InChI=1S/C15H18N4O/c1-3-17-12-4-5-14(11(2)8-12)15(20)18-9-13-6-7-16-10-19-13/h4-8,10,17H,3,9H2,1-2H3,(H,18,20). The molecule has 0 aliphatic carbocycles. The fourth-order valence-electron chi connectivity index (χ4n) is 1.92. The highest BCUT2D eigenvalue weighted by atomic mass is 16.1. The van der Waals surface area contributed by atoms with Gasteiger partial charge in [-0.3, -0.25) is 4.79 Å². The van der Waals surface area contributed by atoms with Gasteiger partial charge in [-0.05, 0) is 43.7 Å². The van der Waals surface area contributed by atoms with Crippen LogP contribution < -0.4 is 10.6 Å². The van der Waals surface area contributed by atoms with Crippen molar-refractivity contribution in [3.05, 3.63) is 53.6 Å². The Balaban J connectivity index is 2.02. The van der Waals surface area contributed by atoms with Gasteiger partial charge in [0.25, 0.3) is 5.91 Å². The smallest absolute Gasteiger partial charge is 0.251 e. The van der Waals surface area contributed by atoms with Crippen LogP contribution in [-0.4, -0.2) is 22.4 Å². The molecule has 5 nitrogen and oxygen atoms in total. The second-order valence-electron chi connectivity index (χ2n) is 4.44. The van der Waals surface area contributed by atoms with Gasteiger partial charge in [0.1, 0.15) is 6.33 Å². The largest absolute Gasteiger partial charge is 0.385 e. The first kappa shape index (κ1) is 14.0. The fourth-order valence-corrected chi connectivity index (χ4v) is 1.92. The Morgan fingerprint density at radius 2 is 2.15 bits per heavy atom. The topological polar surface area (TPSA) is 66.9 Å². The van der Waals surface area contributed by atoms with Crippen molar-refractivity contribution in [1.82, 2.24) is 15.3 Å². The van der Waals surface area contributed by atoms with Gasteiger partial charge in [-0.1, -0.05) is 0 Å². The second kappa shape index (κ2) is 6.65. The van der Waals surface area contributed by atoms with Crippen LogP contribution in [0.4, 0.5) is 5.69 Å². The van der Waals surface area contributed by atoms with Gasteiger partial charge in [-0.2, -0.15) is 0 Å². The summed E-state index contributed by atoms with van der Waals surface area (Å²) in [7, 11) is 0. The summed E-state index contributed by atoms with van der Waals surface area (Å²) < 4.78 is 0. The number of carbonyl (C=O) groups excluding carboxylic acids is 1. The molecule has 1 amide bonds. The van der Waals surface area contributed by atoms with Crippen molar-refractivity contribution in [2.75, 3.05) is 11.9 Å². The van der Waals surface area contributed by atoms with E-state index in [0.29, 0.717) is 12.1 Å². The third-order valence-electron chi connectivity index (χ3n) is 2.93. The number of benzene rings is 1. The lowest BCUT2D eigenvalue weighted by molar-refractivity contribution is 0.0950. The van der Waals surface area contributed by atoms with Crippen molar-refractivity contribution in [2.24, 2.45) is 0 Å². The SMILES string of the molecule is CCNc1ccc(C(=O)NCc2ccncn2)c(C)c1. The van der Waals surface area contributed by atoms with E-state index in [4.69, 9.17) is 0 Å². The van der Waals surface area contributed by atoms with Gasteiger partial charge >= 0.3 is 0 Å². The van der Waals surface area contributed by atoms with Crippen molar-refractivity contribution >= 4 is 11.6 Å². The Labute approximate surface area is 118 Å². The summed E-state index contributed by atoms with van der Waals surface area (Å²) in [4.78, 5) is 20.0. The van der Waals surface area contributed by atoms with E-state index in [2.05, 4.69) is 20.6 Å². The lowest BCUT2D eigenvalue weighted by Gasteiger charge is -2.10. The monoisotopic (exact) mass is 270 g/mol. The molecule has 0 aliphatic heterocycles. The van der Waals surface area contributed by atoms with Gasteiger partial charge in [0, 0.05) is 24.0 Å². The minimum absolute atomic E-state index is 0.0934. The van der Waals surface area contributed by atoms with Crippen LogP contribution in [0.2, 0.25) is 0 Å². The predicted molar refractivity (Wildman–Crippen MR) is 78.5 cm³/mol. The average Bonchev–Trinajstić information content (AvgIpc) is 2.46. The molecular weight excluding hydrogens is 252 g/mol. The molecule has 104 valence electrons. The Morgan fingerprint density at radius 1 is 1.30 bits per heavy atom. The second-order valence-corrected chi connectivity index (χ2v) is 4.44. The first-order chi connectivity index (χ1) is 9.70. The molecule has 0 saturated heterocycles. The number of nitrogens with one attached hydrogen (secondary N) is 2. The molecule has 1 aromatic heterocycles. The number of aryl methyl sites for hydroxylation is 1. The number of anilines is 1. The van der Waals surface area contributed by atoms with E-state index in [1.165, 1.54) is 6.33 Å². The van der Waals surface area contributed by atoms with Crippen LogP contribution in [-0.2, 0) is 6.54 Å². The van der Waals surface area contributed by atoms with Crippen LogP contribution in [0.1, 0.15) is 28.5 Å². The Kier molecular flexibility index (Phi) is 4.65. The molecule has 1 heterocycles. The highest BCUT2D eigenvalue weighted by molar-refractivity contribution is 5.96. The maximum Gasteiger partial charge on any atom is 0.251 e. The van der Waals surface area contributed by atoms with Crippen LogP contribution in [0.25, 0.3) is 0 Å². The number of hydrogen-bond acceptors (Lipinski definition) is 4. The quantitative estimate of drug-likeness (QED) is 0.873. The van der Waals surface area contributed by atoms with E-state index in [1.54, 1.807) is 12.3 Å². The summed E-state index contributed by atoms with van der Waals surface area (Å²) in [6.45, 7) is 5.23. The van der Waals surface area contributed by atoms with E-state index < -0.39 is 0 Å². The predicted octanol–water partition coefficient (Wildman–Crippen LogP) is 2.15. The Hall–Kier alpha value is -2.43. The normalized spacial score (nSPS) is 10.1. The molecule has 0 atom stereocenters. The summed E-state index contributed by atoms with van der Waals surface area (Å²) in [6.07, 6.45) is 3.13. The summed E-state index contributed by atoms with van der Waals surface area (Å²) >= 11 is 0. The highest BCUT2D eigenvalue weighted by Gasteiger charge is 2.09. The Bertz CT molecular complexity index is 584. The highest BCUT2D eigenvalue weighted by Crippen LogP contribution is 2.15. The number of nitrogens with zero attached hydrogens (tertiary/aromatic N) is 2. The maximum atomic E-state index is 12.1. The van der Waals surface area contributed by atoms with Crippen molar-refractivity contribution in [3.8, 4) is 0 Å². The minimum Gasteiger partial charge on any atom is -0.385 e. The summed E-state index contributed by atoms with van der Waals surface area (Å²) in [5.41, 5.74) is 3.44. The number of aromatic nitrogens is 2. The van der Waals surface area contributed by atoms with Crippen LogP contribution in [0, 0.1) is 6.92 Å². The molecule has 2 rings (SSSR count). The maximum absolute atomic E-state index is 12.1. The van der Waals surface area contributed by atoms with Crippen LogP contribution in [0.15, 0.2) is 36.8 Å². The first-order valence-corrected chi connectivity index (χ1v) is 6.58. The van der Waals surface area contributed by atoms with Gasteiger partial charge in [0.15, 0.2) is 0 Å². The first-order valence-electron chi connectivity index (χ1n) is 6.58. The number of amides is 1. The zero-order valence-corrected chi connectivity index (χ0v) is 11.7. The summed E-state index contributed by atoms with van der Waals surface area (Å²) in [5.74, 6) is -0.0934. The summed E-state index contributed by atoms with van der Waals surface area (Å²) in [6, 6.07) is 7.50. The molecule has 0 unspecified atom stereocenters. The van der Waals surface area contributed by atoms with Gasteiger partial charge in [0.2, 0.25) is 0 Å². The molecule has 0 saturated carbocycles. The van der Waals surface area contributed by atoms with Gasteiger partial charge < -0.3 is 10.6 Å². The fraction of sp³-hybridized carbons (Fsp3) is 0.267. The molecule has 20 heavy (non-hydrogen) atoms. The van der Waals surface area contributed by atoms with Crippen molar-refractivity contribution < 1.29 is 4.79 Å². The molecule has 0 radical (unpaired) electrons. The molecule has 0 spiro atoms. The number of rotatable bonds is 5. The number of carbonyl (C=O) groups is 1. The van der Waals surface area contributed by atoms with E-state index in [0.717, 1.165) is 23.5 Å². The van der Waals surface area contributed by atoms with E-state index in [-0.39, 0.29) is 5.91 Å². The minimum atomic E-state index is -0.0934. The molecule has 0 aliphatic rings. The molecule has 0 fully saturated rings. The van der Waals surface area contributed by atoms with E-state index in [9.17, 15) is 4.79 Å². The lowest BCUT2D eigenvalue weighted by atomic mass is 10.1. The third-order valence-corrected chi connectivity index (χ3v) is 2.93. The van der Waals surface area contributed by atoms with Gasteiger partial charge in [0.05, 0.1) is 12.2 Å². The van der Waals surface area contributed by atoms with Gasteiger partial charge in [-0.15, -0.1) is 0 Å². The average molecular weight is 270 g/mol. The van der Waals surface area contributed by atoms with Crippen LogP contribution in [0.3, 0.4) is 0 Å². The van der Waals surface area contributed by atoms with Gasteiger partial charge in [-0.25, -0.2) is 9.97 Å². The zero-order valence-electron chi connectivity index (χ0n) is 11.7. The molecule has 2 aromatic rings. The molecule has 5 heteroatoms. The number of hydrogen-bond donors (Lipinski definition) is 2. The van der Waals surface area contributed by atoms with Crippen LogP contribution >= 0.6 is 0 Å². The molecular formula is C15H18N4O. The van der Waals surface area contributed by atoms with E-state index in [1.807, 2.05) is 32.0 Å². The Morgan fingerprint density at radius 3 is 2.80 bits per heavy atom.